The van der Waals surface area contributed by atoms with Crippen LogP contribution in [0.3, 0.4) is 0 Å². The summed E-state index contributed by atoms with van der Waals surface area (Å²) in [5.41, 5.74) is 0.224. The molecular weight excluding hydrogens is 243 g/mol. The monoisotopic (exact) mass is 264 g/mol. The second-order valence-electron chi connectivity index (χ2n) is 5.20. The van der Waals surface area contributed by atoms with E-state index in [1.54, 1.807) is 18.2 Å². The number of para-hydroxylation sites is 1. The zero-order chi connectivity index (χ0) is 13.7. The standard InChI is InChI=1S/C15H21FN2O/c1-2-11-7-9-12(10-8-11)17-15(19)18-14-6-4-3-5-13(14)16/h3-6,11-12H,2,7-10H2,1H3,(H2,17,18,19). The second kappa shape index (κ2) is 6.55. The van der Waals surface area contributed by atoms with E-state index in [0.29, 0.717) is 0 Å². The average Bonchev–Trinajstić information content (AvgIpc) is 2.42. The number of carbonyl (C=O) groups is 1. The van der Waals surface area contributed by atoms with Crippen molar-refractivity contribution in [3.8, 4) is 0 Å². The normalized spacial score (nSPS) is 22.8. The number of carbonyl (C=O) groups excluding carboxylic acids is 1. The molecule has 1 aromatic carbocycles. The van der Waals surface area contributed by atoms with Gasteiger partial charge in [-0.05, 0) is 43.7 Å². The van der Waals surface area contributed by atoms with E-state index in [1.807, 2.05) is 0 Å². The molecular formula is C15H21FN2O. The molecule has 2 rings (SSSR count). The Bertz CT molecular complexity index is 428. The lowest BCUT2D eigenvalue weighted by molar-refractivity contribution is 0.237. The molecule has 2 amide bonds. The summed E-state index contributed by atoms with van der Waals surface area (Å²) in [5, 5.41) is 5.48. The van der Waals surface area contributed by atoms with Gasteiger partial charge in [-0.25, -0.2) is 9.18 Å². The first-order valence-corrected chi connectivity index (χ1v) is 7.01. The summed E-state index contributed by atoms with van der Waals surface area (Å²) < 4.78 is 13.4. The number of urea groups is 1. The molecule has 3 nitrogen and oxygen atoms in total. The highest BCUT2D eigenvalue weighted by Crippen LogP contribution is 2.26. The van der Waals surface area contributed by atoms with Crippen LogP contribution >= 0.6 is 0 Å². The molecule has 0 aromatic heterocycles. The molecule has 0 heterocycles. The minimum absolute atomic E-state index is 0.217. The van der Waals surface area contributed by atoms with Crippen molar-refractivity contribution in [2.24, 2.45) is 5.92 Å². The highest BCUT2D eigenvalue weighted by Gasteiger charge is 2.21. The smallest absolute Gasteiger partial charge is 0.319 e. The Balaban J connectivity index is 1.81. The lowest BCUT2D eigenvalue weighted by Gasteiger charge is -2.28. The lowest BCUT2D eigenvalue weighted by Crippen LogP contribution is -2.40. The van der Waals surface area contributed by atoms with Crippen molar-refractivity contribution in [3.05, 3.63) is 30.1 Å². The molecule has 1 saturated carbocycles. The molecule has 0 aliphatic heterocycles. The van der Waals surface area contributed by atoms with Gasteiger partial charge in [0.05, 0.1) is 5.69 Å². The first-order valence-electron chi connectivity index (χ1n) is 7.01. The quantitative estimate of drug-likeness (QED) is 0.853. The average molecular weight is 264 g/mol. The number of benzene rings is 1. The second-order valence-corrected chi connectivity index (χ2v) is 5.20. The largest absolute Gasteiger partial charge is 0.335 e. The van der Waals surface area contributed by atoms with E-state index >= 15 is 0 Å². The fraction of sp³-hybridized carbons (Fsp3) is 0.533. The van der Waals surface area contributed by atoms with Crippen molar-refractivity contribution >= 4 is 11.7 Å². The molecule has 104 valence electrons. The van der Waals surface area contributed by atoms with Gasteiger partial charge < -0.3 is 10.6 Å². The summed E-state index contributed by atoms with van der Waals surface area (Å²) in [6.45, 7) is 2.21. The molecule has 0 saturated heterocycles. The zero-order valence-corrected chi connectivity index (χ0v) is 11.3. The Morgan fingerprint density at radius 1 is 1.26 bits per heavy atom. The maximum Gasteiger partial charge on any atom is 0.319 e. The van der Waals surface area contributed by atoms with Crippen molar-refractivity contribution in [3.63, 3.8) is 0 Å². The molecule has 1 aliphatic rings. The van der Waals surface area contributed by atoms with Crippen molar-refractivity contribution in [1.82, 2.24) is 5.32 Å². The summed E-state index contributed by atoms with van der Waals surface area (Å²) in [7, 11) is 0. The van der Waals surface area contributed by atoms with Gasteiger partial charge in [0.25, 0.3) is 0 Å². The first-order chi connectivity index (χ1) is 9.19. The number of hydrogen-bond donors (Lipinski definition) is 2. The summed E-state index contributed by atoms with van der Waals surface area (Å²) in [5.74, 6) is 0.389. The highest BCUT2D eigenvalue weighted by molar-refractivity contribution is 5.89. The molecule has 1 aliphatic carbocycles. The number of nitrogens with one attached hydrogen (secondary N) is 2. The van der Waals surface area contributed by atoms with Crippen LogP contribution in [-0.4, -0.2) is 12.1 Å². The SMILES string of the molecule is CCC1CCC(NC(=O)Nc2ccccc2F)CC1. The lowest BCUT2D eigenvalue weighted by atomic mass is 9.85. The van der Waals surface area contributed by atoms with Crippen LogP contribution in [0.25, 0.3) is 0 Å². The van der Waals surface area contributed by atoms with Crippen molar-refractivity contribution in [2.45, 2.75) is 45.1 Å². The van der Waals surface area contributed by atoms with Crippen LogP contribution in [0.1, 0.15) is 39.0 Å². The fourth-order valence-corrected chi connectivity index (χ4v) is 2.62. The predicted molar refractivity (Wildman–Crippen MR) is 74.6 cm³/mol. The van der Waals surface area contributed by atoms with E-state index in [0.717, 1.165) is 18.8 Å². The van der Waals surface area contributed by atoms with Crippen LogP contribution in [0.5, 0.6) is 0 Å². The third-order valence-electron chi connectivity index (χ3n) is 3.88. The highest BCUT2D eigenvalue weighted by atomic mass is 19.1. The molecule has 2 N–H and O–H groups in total. The molecule has 19 heavy (non-hydrogen) atoms. The van der Waals surface area contributed by atoms with Crippen LogP contribution in [0.15, 0.2) is 24.3 Å². The van der Waals surface area contributed by atoms with Gasteiger partial charge in [-0.1, -0.05) is 25.5 Å². The minimum atomic E-state index is -0.410. The summed E-state index contributed by atoms with van der Waals surface area (Å²) in [4.78, 5) is 11.8. The number of amides is 2. The van der Waals surface area contributed by atoms with E-state index in [-0.39, 0.29) is 17.8 Å². The Hall–Kier alpha value is -1.58. The maximum absolute atomic E-state index is 13.4. The number of anilines is 1. The Kier molecular flexibility index (Phi) is 4.77. The third-order valence-corrected chi connectivity index (χ3v) is 3.88. The van der Waals surface area contributed by atoms with Crippen LogP contribution in [0.2, 0.25) is 0 Å². The Morgan fingerprint density at radius 3 is 2.58 bits per heavy atom. The van der Waals surface area contributed by atoms with Gasteiger partial charge in [-0.15, -0.1) is 0 Å². The fourth-order valence-electron chi connectivity index (χ4n) is 2.62. The van der Waals surface area contributed by atoms with Gasteiger partial charge >= 0.3 is 6.03 Å². The van der Waals surface area contributed by atoms with Crippen LogP contribution in [0.4, 0.5) is 14.9 Å². The number of hydrogen-bond acceptors (Lipinski definition) is 1. The third kappa shape index (κ3) is 3.94. The van der Waals surface area contributed by atoms with E-state index in [4.69, 9.17) is 0 Å². The Labute approximate surface area is 113 Å². The summed E-state index contributed by atoms with van der Waals surface area (Å²) >= 11 is 0. The van der Waals surface area contributed by atoms with Crippen molar-refractivity contribution < 1.29 is 9.18 Å². The molecule has 1 aromatic rings. The first kappa shape index (κ1) is 13.8. The number of rotatable bonds is 3. The van der Waals surface area contributed by atoms with Crippen molar-refractivity contribution in [2.75, 3.05) is 5.32 Å². The van der Waals surface area contributed by atoms with E-state index < -0.39 is 5.82 Å². The van der Waals surface area contributed by atoms with E-state index in [2.05, 4.69) is 17.6 Å². The van der Waals surface area contributed by atoms with Gasteiger partial charge in [0.15, 0.2) is 0 Å². The van der Waals surface area contributed by atoms with Gasteiger partial charge in [0.2, 0.25) is 0 Å². The maximum atomic E-state index is 13.4. The van der Waals surface area contributed by atoms with Gasteiger partial charge in [-0.3, -0.25) is 0 Å². The molecule has 0 bridgehead atoms. The Morgan fingerprint density at radius 2 is 1.95 bits per heavy atom. The molecule has 0 radical (unpaired) electrons. The minimum Gasteiger partial charge on any atom is -0.335 e. The molecule has 4 heteroatoms. The van der Waals surface area contributed by atoms with E-state index in [1.165, 1.54) is 25.3 Å². The van der Waals surface area contributed by atoms with Gasteiger partial charge in [-0.2, -0.15) is 0 Å². The molecule has 0 atom stereocenters. The molecule has 1 fully saturated rings. The van der Waals surface area contributed by atoms with Crippen LogP contribution in [-0.2, 0) is 0 Å². The summed E-state index contributed by atoms with van der Waals surface area (Å²) in [6, 6.07) is 6.10. The van der Waals surface area contributed by atoms with Crippen LogP contribution < -0.4 is 10.6 Å². The van der Waals surface area contributed by atoms with E-state index in [9.17, 15) is 9.18 Å². The topological polar surface area (TPSA) is 41.1 Å². The molecule has 0 spiro atoms. The summed E-state index contributed by atoms with van der Waals surface area (Å²) in [6.07, 6.45) is 5.59. The van der Waals surface area contributed by atoms with Gasteiger partial charge in [0.1, 0.15) is 5.82 Å². The van der Waals surface area contributed by atoms with Crippen molar-refractivity contribution in [1.29, 1.82) is 0 Å². The zero-order valence-electron chi connectivity index (χ0n) is 11.3. The van der Waals surface area contributed by atoms with Crippen LogP contribution in [0, 0.1) is 11.7 Å². The van der Waals surface area contributed by atoms with Gasteiger partial charge in [0, 0.05) is 6.04 Å². The predicted octanol–water partition coefficient (Wildman–Crippen LogP) is 3.92. The number of halogens is 1. The molecule has 0 unspecified atom stereocenters.